The zero-order valence-electron chi connectivity index (χ0n) is 15.4. The molecule has 1 N–H and O–H groups in total. The SMILES string of the molecule is CCCCc1ccc(C(=O)COC(=O)c2ccc(NC)c([N+](=O)[O-])c2)cc1. The molecule has 7 nitrogen and oxygen atoms in total. The summed E-state index contributed by atoms with van der Waals surface area (Å²) in [5.74, 6) is -1.11. The lowest BCUT2D eigenvalue weighted by molar-refractivity contribution is -0.384. The molecule has 142 valence electrons. The molecule has 0 aliphatic rings. The van der Waals surface area contributed by atoms with E-state index in [1.54, 1.807) is 19.2 Å². The van der Waals surface area contributed by atoms with E-state index in [1.165, 1.54) is 12.1 Å². The maximum absolute atomic E-state index is 12.2. The van der Waals surface area contributed by atoms with Crippen molar-refractivity contribution in [2.24, 2.45) is 0 Å². The second-order valence-electron chi connectivity index (χ2n) is 6.04. The van der Waals surface area contributed by atoms with Gasteiger partial charge in [-0.05, 0) is 30.5 Å². The predicted molar refractivity (Wildman–Crippen MR) is 102 cm³/mol. The highest BCUT2D eigenvalue weighted by molar-refractivity contribution is 5.99. The number of ether oxygens (including phenoxy) is 1. The summed E-state index contributed by atoms with van der Waals surface area (Å²) >= 11 is 0. The van der Waals surface area contributed by atoms with E-state index >= 15 is 0 Å². The van der Waals surface area contributed by atoms with E-state index < -0.39 is 17.5 Å². The molecule has 0 saturated heterocycles. The van der Waals surface area contributed by atoms with E-state index in [0.29, 0.717) is 5.56 Å². The third-order valence-corrected chi connectivity index (χ3v) is 4.13. The molecule has 0 bridgehead atoms. The fourth-order valence-electron chi connectivity index (χ4n) is 2.56. The van der Waals surface area contributed by atoms with Crippen molar-refractivity contribution in [1.29, 1.82) is 0 Å². The van der Waals surface area contributed by atoms with Crippen molar-refractivity contribution in [3.05, 3.63) is 69.3 Å². The van der Waals surface area contributed by atoms with Crippen LogP contribution in [0.4, 0.5) is 11.4 Å². The summed E-state index contributed by atoms with van der Waals surface area (Å²) in [4.78, 5) is 34.8. The smallest absolute Gasteiger partial charge is 0.338 e. The Morgan fingerprint density at radius 1 is 1.11 bits per heavy atom. The number of Topliss-reactive ketones (excluding diaryl/α,β-unsaturated/α-hetero) is 1. The van der Waals surface area contributed by atoms with Gasteiger partial charge in [0, 0.05) is 18.7 Å². The molecule has 2 aromatic carbocycles. The number of rotatable bonds is 9. The Morgan fingerprint density at radius 3 is 2.37 bits per heavy atom. The highest BCUT2D eigenvalue weighted by Gasteiger charge is 2.18. The Bertz CT molecular complexity index is 831. The van der Waals surface area contributed by atoms with Crippen molar-refractivity contribution in [2.75, 3.05) is 19.0 Å². The van der Waals surface area contributed by atoms with Crippen LogP contribution in [-0.4, -0.2) is 30.3 Å². The van der Waals surface area contributed by atoms with E-state index in [1.807, 2.05) is 12.1 Å². The lowest BCUT2D eigenvalue weighted by Crippen LogP contribution is -2.14. The zero-order valence-corrected chi connectivity index (χ0v) is 15.4. The maximum atomic E-state index is 12.2. The molecule has 0 spiro atoms. The maximum Gasteiger partial charge on any atom is 0.338 e. The molecule has 2 rings (SSSR count). The number of aryl methyl sites for hydroxylation is 1. The van der Waals surface area contributed by atoms with Crippen LogP contribution >= 0.6 is 0 Å². The second kappa shape index (κ2) is 9.47. The topological polar surface area (TPSA) is 98.5 Å². The van der Waals surface area contributed by atoms with Gasteiger partial charge in [0.1, 0.15) is 5.69 Å². The Labute approximate surface area is 157 Å². The van der Waals surface area contributed by atoms with Crippen LogP contribution in [0.25, 0.3) is 0 Å². The van der Waals surface area contributed by atoms with Crippen molar-refractivity contribution >= 4 is 23.1 Å². The number of ketones is 1. The average molecular weight is 370 g/mol. The predicted octanol–water partition coefficient (Wildman–Crippen LogP) is 4.02. The zero-order chi connectivity index (χ0) is 19.8. The lowest BCUT2D eigenvalue weighted by atomic mass is 10.0. The van der Waals surface area contributed by atoms with Crippen molar-refractivity contribution < 1.29 is 19.2 Å². The molecule has 27 heavy (non-hydrogen) atoms. The molecule has 0 amide bonds. The summed E-state index contributed by atoms with van der Waals surface area (Å²) in [6.45, 7) is 1.70. The Balaban J connectivity index is 1.99. The molecule has 0 radical (unpaired) electrons. The van der Waals surface area contributed by atoms with E-state index in [9.17, 15) is 19.7 Å². The van der Waals surface area contributed by atoms with Crippen LogP contribution in [0, 0.1) is 10.1 Å². The molecule has 7 heteroatoms. The molecule has 0 aromatic heterocycles. The molecular formula is C20H22N2O5. The third kappa shape index (κ3) is 5.37. The standard InChI is InChI=1S/C20H22N2O5/c1-3-4-5-14-6-8-15(9-7-14)19(23)13-27-20(24)16-10-11-17(21-2)18(12-16)22(25)26/h6-12,21H,3-5,13H2,1-2H3. The number of nitrogens with zero attached hydrogens (tertiary/aromatic N) is 1. The number of carbonyl (C=O) groups excluding carboxylic acids is 2. The van der Waals surface area contributed by atoms with Gasteiger partial charge in [0.05, 0.1) is 10.5 Å². The average Bonchev–Trinajstić information content (AvgIpc) is 2.69. The van der Waals surface area contributed by atoms with E-state index in [-0.39, 0.29) is 22.7 Å². The van der Waals surface area contributed by atoms with Crippen LogP contribution in [0.3, 0.4) is 0 Å². The van der Waals surface area contributed by atoms with Crippen LogP contribution < -0.4 is 5.32 Å². The first-order chi connectivity index (χ1) is 13.0. The normalized spacial score (nSPS) is 10.3. The first-order valence-electron chi connectivity index (χ1n) is 8.71. The van der Waals surface area contributed by atoms with E-state index in [2.05, 4.69) is 12.2 Å². The molecule has 2 aromatic rings. The number of nitro groups is 1. The molecule has 0 fully saturated rings. The van der Waals surface area contributed by atoms with Crippen molar-refractivity contribution in [3.63, 3.8) is 0 Å². The number of nitro benzene ring substituents is 1. The Hall–Kier alpha value is -3.22. The monoisotopic (exact) mass is 370 g/mol. The van der Waals surface area contributed by atoms with Gasteiger partial charge in [-0.25, -0.2) is 4.79 Å². The quantitative estimate of drug-likeness (QED) is 0.310. The van der Waals surface area contributed by atoms with Gasteiger partial charge in [0.15, 0.2) is 12.4 Å². The van der Waals surface area contributed by atoms with Crippen molar-refractivity contribution in [3.8, 4) is 0 Å². The first kappa shape index (κ1) is 20.1. The number of benzene rings is 2. The van der Waals surface area contributed by atoms with Crippen molar-refractivity contribution in [1.82, 2.24) is 0 Å². The van der Waals surface area contributed by atoms with Crippen LogP contribution in [0.5, 0.6) is 0 Å². The summed E-state index contributed by atoms with van der Waals surface area (Å²) < 4.78 is 5.02. The molecule has 0 unspecified atom stereocenters. The summed E-state index contributed by atoms with van der Waals surface area (Å²) in [5.41, 5.74) is 1.68. The van der Waals surface area contributed by atoms with Gasteiger partial charge in [-0.2, -0.15) is 0 Å². The van der Waals surface area contributed by atoms with Gasteiger partial charge >= 0.3 is 5.97 Å². The van der Waals surface area contributed by atoms with Gasteiger partial charge in [0.2, 0.25) is 0 Å². The summed E-state index contributed by atoms with van der Waals surface area (Å²) in [6, 6.07) is 11.2. The largest absolute Gasteiger partial charge is 0.454 e. The fraction of sp³-hybridized carbons (Fsp3) is 0.300. The van der Waals surface area contributed by atoms with Crippen LogP contribution in [0.2, 0.25) is 0 Å². The van der Waals surface area contributed by atoms with Gasteiger partial charge in [-0.15, -0.1) is 0 Å². The van der Waals surface area contributed by atoms with Crippen LogP contribution in [-0.2, 0) is 11.2 Å². The minimum absolute atomic E-state index is 0.0170. The molecular weight excluding hydrogens is 348 g/mol. The number of nitrogens with one attached hydrogen (secondary N) is 1. The van der Waals surface area contributed by atoms with Gasteiger partial charge in [0.25, 0.3) is 5.69 Å². The minimum Gasteiger partial charge on any atom is -0.454 e. The second-order valence-corrected chi connectivity index (χ2v) is 6.04. The van der Waals surface area contributed by atoms with Gasteiger partial charge in [-0.3, -0.25) is 14.9 Å². The van der Waals surface area contributed by atoms with Gasteiger partial charge < -0.3 is 10.1 Å². The summed E-state index contributed by atoms with van der Waals surface area (Å²) in [6.07, 6.45) is 3.15. The lowest BCUT2D eigenvalue weighted by Gasteiger charge is -2.07. The number of esters is 1. The molecule has 0 aliphatic carbocycles. The van der Waals surface area contributed by atoms with Crippen LogP contribution in [0.1, 0.15) is 46.0 Å². The number of unbranched alkanes of at least 4 members (excludes halogenated alkanes) is 1. The third-order valence-electron chi connectivity index (χ3n) is 4.13. The number of hydrogen-bond acceptors (Lipinski definition) is 6. The molecule has 0 aliphatic heterocycles. The number of anilines is 1. The minimum atomic E-state index is -0.784. The summed E-state index contributed by atoms with van der Waals surface area (Å²) in [7, 11) is 1.55. The highest BCUT2D eigenvalue weighted by atomic mass is 16.6. The number of hydrogen-bond donors (Lipinski definition) is 1. The molecule has 0 atom stereocenters. The van der Waals surface area contributed by atoms with E-state index in [4.69, 9.17) is 4.74 Å². The van der Waals surface area contributed by atoms with Crippen LogP contribution in [0.15, 0.2) is 42.5 Å². The highest BCUT2D eigenvalue weighted by Crippen LogP contribution is 2.25. The summed E-state index contributed by atoms with van der Waals surface area (Å²) in [5, 5.41) is 13.7. The number of carbonyl (C=O) groups is 2. The van der Waals surface area contributed by atoms with Crippen molar-refractivity contribution in [2.45, 2.75) is 26.2 Å². The Kier molecular flexibility index (Phi) is 7.05. The fourth-order valence-corrected chi connectivity index (χ4v) is 2.56. The first-order valence-corrected chi connectivity index (χ1v) is 8.71. The Morgan fingerprint density at radius 2 is 1.78 bits per heavy atom. The van der Waals surface area contributed by atoms with E-state index in [0.717, 1.165) is 30.9 Å². The van der Waals surface area contributed by atoms with Gasteiger partial charge in [-0.1, -0.05) is 37.6 Å². The molecule has 0 saturated carbocycles. The molecule has 0 heterocycles.